The Bertz CT molecular complexity index is 948. The Morgan fingerprint density at radius 1 is 1.12 bits per heavy atom. The van der Waals surface area contributed by atoms with Crippen LogP contribution in [0.5, 0.6) is 0 Å². The van der Waals surface area contributed by atoms with Gasteiger partial charge in [-0.1, -0.05) is 60.7 Å². The van der Waals surface area contributed by atoms with Crippen LogP contribution < -0.4 is 5.32 Å². The molecule has 1 aliphatic heterocycles. The summed E-state index contributed by atoms with van der Waals surface area (Å²) in [6.45, 7) is 2.10. The zero-order valence-electron chi connectivity index (χ0n) is 14.3. The maximum absolute atomic E-state index is 12.9. The molecule has 1 aromatic heterocycles. The molecule has 130 valence electrons. The summed E-state index contributed by atoms with van der Waals surface area (Å²) in [4.78, 5) is 17.2. The fourth-order valence-electron chi connectivity index (χ4n) is 3.16. The van der Waals surface area contributed by atoms with Crippen LogP contribution in [0.2, 0.25) is 0 Å². The van der Waals surface area contributed by atoms with Crippen LogP contribution in [0.4, 0.5) is 5.95 Å². The number of nitrogens with one attached hydrogen (secondary N) is 1. The number of aromatic nitrogens is 3. The number of hydrogen-bond donors (Lipinski definition) is 1. The number of hydrogen-bond acceptors (Lipinski definition) is 5. The fraction of sp³-hybridized carbons (Fsp3) is 0.150. The maximum Gasteiger partial charge on any atom is 0.338 e. The Balaban J connectivity index is 1.96. The highest BCUT2D eigenvalue weighted by molar-refractivity contribution is 6.02. The van der Waals surface area contributed by atoms with Crippen molar-refractivity contribution in [2.45, 2.75) is 13.0 Å². The number of rotatable bonds is 4. The van der Waals surface area contributed by atoms with Crippen LogP contribution in [0.15, 0.2) is 72.6 Å². The van der Waals surface area contributed by atoms with E-state index in [-0.39, 0.29) is 5.97 Å². The van der Waals surface area contributed by atoms with Gasteiger partial charge in [0, 0.05) is 0 Å². The van der Waals surface area contributed by atoms with Gasteiger partial charge in [-0.2, -0.15) is 10.1 Å². The molecule has 3 aromatic rings. The summed E-state index contributed by atoms with van der Waals surface area (Å²) in [6.07, 6.45) is 1.48. The fourth-order valence-corrected chi connectivity index (χ4v) is 3.16. The highest BCUT2D eigenvalue weighted by Gasteiger charge is 2.35. The van der Waals surface area contributed by atoms with E-state index in [9.17, 15) is 4.79 Å². The van der Waals surface area contributed by atoms with Gasteiger partial charge in [0.1, 0.15) is 12.4 Å². The van der Waals surface area contributed by atoms with Gasteiger partial charge in [-0.15, -0.1) is 0 Å². The number of carbonyl (C=O) groups is 1. The Morgan fingerprint density at radius 3 is 2.50 bits per heavy atom. The maximum atomic E-state index is 12.9. The minimum Gasteiger partial charge on any atom is -0.463 e. The molecule has 0 spiro atoms. The van der Waals surface area contributed by atoms with E-state index in [0.717, 1.165) is 11.1 Å². The normalized spacial score (nSPS) is 16.0. The first-order chi connectivity index (χ1) is 12.8. The summed E-state index contributed by atoms with van der Waals surface area (Å²) >= 11 is 0. The minimum atomic E-state index is -0.413. The molecule has 0 saturated carbocycles. The summed E-state index contributed by atoms with van der Waals surface area (Å²) < 4.78 is 7.09. The lowest BCUT2D eigenvalue weighted by Gasteiger charge is -2.29. The van der Waals surface area contributed by atoms with Crippen molar-refractivity contribution >= 4 is 17.6 Å². The second kappa shape index (κ2) is 6.84. The number of esters is 1. The van der Waals surface area contributed by atoms with Gasteiger partial charge >= 0.3 is 5.97 Å². The van der Waals surface area contributed by atoms with Gasteiger partial charge < -0.3 is 10.1 Å². The molecule has 4 rings (SSSR count). The third-order valence-corrected chi connectivity index (χ3v) is 4.27. The minimum absolute atomic E-state index is 0.302. The first-order valence-electron chi connectivity index (χ1n) is 8.47. The third kappa shape index (κ3) is 2.75. The van der Waals surface area contributed by atoms with Gasteiger partial charge in [0.15, 0.2) is 0 Å². The van der Waals surface area contributed by atoms with Crippen LogP contribution >= 0.6 is 0 Å². The average molecular weight is 346 g/mol. The SMILES string of the molecule is CCOC(=O)C1=C(c2ccccc2)Nc2ncnn2C1c1ccccc1. The lowest BCUT2D eigenvalue weighted by atomic mass is 9.93. The summed E-state index contributed by atoms with van der Waals surface area (Å²) in [5.41, 5.74) is 3.05. The second-order valence-electron chi connectivity index (χ2n) is 5.84. The molecular formula is C20H18N4O2. The molecule has 0 bridgehead atoms. The van der Waals surface area contributed by atoms with E-state index in [0.29, 0.717) is 23.8 Å². The van der Waals surface area contributed by atoms with Gasteiger partial charge in [-0.05, 0) is 18.1 Å². The zero-order valence-corrected chi connectivity index (χ0v) is 14.3. The summed E-state index contributed by atoms with van der Waals surface area (Å²) in [5, 5.41) is 7.59. The van der Waals surface area contributed by atoms with Crippen LogP contribution in [0, 0.1) is 0 Å². The second-order valence-corrected chi connectivity index (χ2v) is 5.84. The predicted octanol–water partition coefficient (Wildman–Crippen LogP) is 3.27. The van der Waals surface area contributed by atoms with Crippen molar-refractivity contribution < 1.29 is 9.53 Å². The van der Waals surface area contributed by atoms with E-state index in [4.69, 9.17) is 4.74 Å². The molecule has 6 heteroatoms. The van der Waals surface area contributed by atoms with Crippen LogP contribution in [-0.4, -0.2) is 27.3 Å². The molecule has 1 unspecified atom stereocenters. The summed E-state index contributed by atoms with van der Waals surface area (Å²) in [7, 11) is 0. The summed E-state index contributed by atoms with van der Waals surface area (Å²) in [5.74, 6) is 0.222. The van der Waals surface area contributed by atoms with Crippen LogP contribution in [-0.2, 0) is 9.53 Å². The van der Waals surface area contributed by atoms with Gasteiger partial charge in [0.2, 0.25) is 5.95 Å². The van der Waals surface area contributed by atoms with Crippen molar-refractivity contribution in [1.82, 2.24) is 14.8 Å². The van der Waals surface area contributed by atoms with Crippen molar-refractivity contribution in [2.75, 3.05) is 11.9 Å². The predicted molar refractivity (Wildman–Crippen MR) is 98.2 cm³/mol. The van der Waals surface area contributed by atoms with Crippen LogP contribution in [0.25, 0.3) is 5.70 Å². The highest BCUT2D eigenvalue weighted by Crippen LogP contribution is 2.38. The molecule has 0 aliphatic carbocycles. The van der Waals surface area contributed by atoms with Crippen molar-refractivity contribution in [3.8, 4) is 0 Å². The number of anilines is 1. The van der Waals surface area contributed by atoms with E-state index < -0.39 is 6.04 Å². The van der Waals surface area contributed by atoms with E-state index in [1.807, 2.05) is 60.7 Å². The van der Waals surface area contributed by atoms with Gasteiger partial charge in [0.25, 0.3) is 0 Å². The van der Waals surface area contributed by atoms with E-state index in [2.05, 4.69) is 15.4 Å². The monoisotopic (exact) mass is 346 g/mol. The molecule has 6 nitrogen and oxygen atoms in total. The molecule has 2 aromatic carbocycles. The standard InChI is InChI=1S/C20H18N4O2/c1-2-26-19(25)16-17(14-9-5-3-6-10-14)23-20-21-13-22-24(20)18(16)15-11-7-4-8-12-15/h3-13,18H,2H2,1H3,(H,21,22,23). The van der Waals surface area contributed by atoms with E-state index >= 15 is 0 Å². The van der Waals surface area contributed by atoms with Crippen LogP contribution in [0.1, 0.15) is 24.1 Å². The summed E-state index contributed by atoms with van der Waals surface area (Å²) in [6, 6.07) is 19.1. The molecule has 2 heterocycles. The molecule has 0 amide bonds. The number of benzene rings is 2. The Kier molecular flexibility index (Phi) is 4.23. The van der Waals surface area contributed by atoms with Crippen molar-refractivity contribution in [2.24, 2.45) is 0 Å². The molecule has 1 N–H and O–H groups in total. The number of fused-ring (bicyclic) bond motifs is 1. The first kappa shape index (κ1) is 16.1. The number of carbonyl (C=O) groups excluding carboxylic acids is 1. The van der Waals surface area contributed by atoms with Crippen molar-refractivity contribution in [3.05, 3.63) is 83.7 Å². The number of ether oxygens (including phenoxy) is 1. The Labute approximate surface area is 151 Å². The topological polar surface area (TPSA) is 69.0 Å². The van der Waals surface area contributed by atoms with Gasteiger partial charge in [0.05, 0.1) is 17.9 Å². The van der Waals surface area contributed by atoms with Crippen molar-refractivity contribution in [1.29, 1.82) is 0 Å². The van der Waals surface area contributed by atoms with Crippen molar-refractivity contribution in [3.63, 3.8) is 0 Å². The van der Waals surface area contributed by atoms with Gasteiger partial charge in [-0.3, -0.25) is 0 Å². The molecule has 26 heavy (non-hydrogen) atoms. The molecular weight excluding hydrogens is 328 g/mol. The van der Waals surface area contributed by atoms with E-state index in [1.165, 1.54) is 6.33 Å². The number of nitrogens with zero attached hydrogens (tertiary/aromatic N) is 3. The van der Waals surface area contributed by atoms with E-state index in [1.54, 1.807) is 11.6 Å². The quantitative estimate of drug-likeness (QED) is 0.734. The molecule has 1 aliphatic rings. The Morgan fingerprint density at radius 2 is 1.81 bits per heavy atom. The first-order valence-corrected chi connectivity index (χ1v) is 8.47. The zero-order chi connectivity index (χ0) is 17.9. The molecule has 0 fully saturated rings. The van der Waals surface area contributed by atoms with Crippen LogP contribution in [0.3, 0.4) is 0 Å². The highest BCUT2D eigenvalue weighted by atomic mass is 16.5. The lowest BCUT2D eigenvalue weighted by Crippen LogP contribution is -2.29. The molecule has 0 saturated heterocycles. The Hall–Kier alpha value is -3.41. The lowest BCUT2D eigenvalue weighted by molar-refractivity contribution is -0.138. The average Bonchev–Trinajstić information content (AvgIpc) is 3.16. The smallest absolute Gasteiger partial charge is 0.338 e. The largest absolute Gasteiger partial charge is 0.463 e. The molecule has 0 radical (unpaired) electrons. The third-order valence-electron chi connectivity index (χ3n) is 4.27. The van der Waals surface area contributed by atoms with Gasteiger partial charge in [-0.25, -0.2) is 9.48 Å². The molecule has 1 atom stereocenters.